The van der Waals surface area contributed by atoms with Crippen LogP contribution in [0.25, 0.3) is 0 Å². The molecule has 2 heterocycles. The molecule has 2 aliphatic heterocycles. The molecule has 2 atom stereocenters. The van der Waals surface area contributed by atoms with Gasteiger partial charge >= 0.3 is 0 Å². The molecule has 5 nitrogen and oxygen atoms in total. The number of rotatable bonds is 4. The normalized spacial score (nSPS) is 27.7. The molecular formula is C13H25N3O2. The molecule has 0 spiro atoms. The lowest BCUT2D eigenvalue weighted by Gasteiger charge is -2.32. The van der Waals surface area contributed by atoms with E-state index in [9.17, 15) is 4.79 Å². The van der Waals surface area contributed by atoms with Gasteiger partial charge in [-0.3, -0.25) is 9.69 Å². The Morgan fingerprint density at radius 3 is 2.89 bits per heavy atom. The number of carbonyl (C=O) groups excluding carboxylic acids is 1. The van der Waals surface area contributed by atoms with Crippen LogP contribution in [0.1, 0.15) is 26.2 Å². The fourth-order valence-electron chi connectivity index (χ4n) is 2.57. The number of carbonyl (C=O) groups is 1. The molecular weight excluding hydrogens is 230 g/mol. The number of nitrogens with zero attached hydrogens (tertiary/aromatic N) is 1. The van der Waals surface area contributed by atoms with Gasteiger partial charge in [0.1, 0.15) is 0 Å². The van der Waals surface area contributed by atoms with Gasteiger partial charge in [0.2, 0.25) is 5.91 Å². The molecule has 5 heteroatoms. The van der Waals surface area contributed by atoms with E-state index in [-0.39, 0.29) is 18.1 Å². The summed E-state index contributed by atoms with van der Waals surface area (Å²) < 4.78 is 5.62. The van der Waals surface area contributed by atoms with Crippen LogP contribution < -0.4 is 10.6 Å². The van der Waals surface area contributed by atoms with Gasteiger partial charge in [0.05, 0.1) is 12.1 Å². The molecule has 1 amide bonds. The van der Waals surface area contributed by atoms with Crippen LogP contribution in [0.3, 0.4) is 0 Å². The number of hydrogen-bond acceptors (Lipinski definition) is 4. The van der Waals surface area contributed by atoms with Gasteiger partial charge < -0.3 is 15.4 Å². The third kappa shape index (κ3) is 3.93. The predicted octanol–water partition coefficient (Wildman–Crippen LogP) is -0.0346. The summed E-state index contributed by atoms with van der Waals surface area (Å²) in [4.78, 5) is 14.3. The zero-order valence-electron chi connectivity index (χ0n) is 11.3. The predicted molar refractivity (Wildman–Crippen MR) is 70.5 cm³/mol. The van der Waals surface area contributed by atoms with E-state index in [0.29, 0.717) is 6.54 Å². The van der Waals surface area contributed by atoms with Crippen LogP contribution in [0.5, 0.6) is 0 Å². The topological polar surface area (TPSA) is 53.6 Å². The van der Waals surface area contributed by atoms with Crippen LogP contribution in [-0.2, 0) is 9.53 Å². The Kier molecular flexibility index (Phi) is 5.41. The molecule has 0 bridgehead atoms. The van der Waals surface area contributed by atoms with E-state index in [1.165, 1.54) is 6.42 Å². The molecule has 18 heavy (non-hydrogen) atoms. The van der Waals surface area contributed by atoms with Crippen LogP contribution in [0.2, 0.25) is 0 Å². The van der Waals surface area contributed by atoms with Crippen molar-refractivity contribution in [2.24, 2.45) is 0 Å². The molecule has 0 aromatic rings. The molecule has 2 aliphatic rings. The summed E-state index contributed by atoms with van der Waals surface area (Å²) >= 11 is 0. The second-order valence-electron chi connectivity index (χ2n) is 5.20. The SMILES string of the molecule is CC(C(=O)NCC1CCCCO1)N1CCNCC1. The van der Waals surface area contributed by atoms with Crippen molar-refractivity contribution in [1.29, 1.82) is 0 Å². The van der Waals surface area contributed by atoms with Crippen molar-refractivity contribution in [3.8, 4) is 0 Å². The van der Waals surface area contributed by atoms with Gasteiger partial charge in [-0.05, 0) is 26.2 Å². The average Bonchev–Trinajstić information content (AvgIpc) is 2.46. The van der Waals surface area contributed by atoms with Gasteiger partial charge in [0, 0.05) is 39.3 Å². The van der Waals surface area contributed by atoms with E-state index in [0.717, 1.165) is 45.6 Å². The maximum absolute atomic E-state index is 12.1. The molecule has 0 aromatic carbocycles. The minimum Gasteiger partial charge on any atom is -0.376 e. The highest BCUT2D eigenvalue weighted by atomic mass is 16.5. The molecule has 2 fully saturated rings. The van der Waals surface area contributed by atoms with Crippen molar-refractivity contribution in [3.63, 3.8) is 0 Å². The van der Waals surface area contributed by atoms with E-state index in [1.807, 2.05) is 6.92 Å². The van der Waals surface area contributed by atoms with Crippen LogP contribution in [0.4, 0.5) is 0 Å². The first-order chi connectivity index (χ1) is 8.77. The highest BCUT2D eigenvalue weighted by molar-refractivity contribution is 5.81. The molecule has 0 radical (unpaired) electrons. The van der Waals surface area contributed by atoms with E-state index in [1.54, 1.807) is 0 Å². The minimum absolute atomic E-state index is 0.0318. The summed E-state index contributed by atoms with van der Waals surface area (Å²) in [6, 6.07) is -0.0318. The fraction of sp³-hybridized carbons (Fsp3) is 0.923. The van der Waals surface area contributed by atoms with Crippen LogP contribution in [-0.4, -0.2) is 62.3 Å². The van der Waals surface area contributed by atoms with Gasteiger partial charge in [-0.25, -0.2) is 0 Å². The fourth-order valence-corrected chi connectivity index (χ4v) is 2.57. The van der Waals surface area contributed by atoms with Gasteiger partial charge in [-0.15, -0.1) is 0 Å². The Morgan fingerprint density at radius 1 is 1.44 bits per heavy atom. The summed E-state index contributed by atoms with van der Waals surface area (Å²) in [7, 11) is 0. The summed E-state index contributed by atoms with van der Waals surface area (Å²) in [6.45, 7) is 7.35. The minimum atomic E-state index is -0.0318. The summed E-state index contributed by atoms with van der Waals surface area (Å²) in [5.41, 5.74) is 0. The largest absolute Gasteiger partial charge is 0.376 e. The molecule has 2 N–H and O–H groups in total. The molecule has 104 valence electrons. The summed E-state index contributed by atoms with van der Waals surface area (Å²) in [5.74, 6) is 0.131. The van der Waals surface area contributed by atoms with E-state index in [2.05, 4.69) is 15.5 Å². The number of hydrogen-bond donors (Lipinski definition) is 2. The zero-order chi connectivity index (χ0) is 12.8. The van der Waals surface area contributed by atoms with Crippen LogP contribution >= 0.6 is 0 Å². The van der Waals surface area contributed by atoms with Gasteiger partial charge in [-0.2, -0.15) is 0 Å². The maximum atomic E-state index is 12.1. The third-order valence-electron chi connectivity index (χ3n) is 3.86. The number of amides is 1. The zero-order valence-corrected chi connectivity index (χ0v) is 11.3. The number of ether oxygens (including phenoxy) is 1. The quantitative estimate of drug-likeness (QED) is 0.740. The summed E-state index contributed by atoms with van der Waals surface area (Å²) in [5, 5.41) is 6.32. The second kappa shape index (κ2) is 7.07. The van der Waals surface area contributed by atoms with Crippen molar-refractivity contribution in [2.45, 2.75) is 38.3 Å². The van der Waals surface area contributed by atoms with Crippen molar-refractivity contribution in [3.05, 3.63) is 0 Å². The van der Waals surface area contributed by atoms with Crippen LogP contribution in [0, 0.1) is 0 Å². The van der Waals surface area contributed by atoms with Crippen LogP contribution in [0.15, 0.2) is 0 Å². The number of nitrogens with one attached hydrogen (secondary N) is 2. The standard InChI is InChI=1S/C13H25N3O2/c1-11(16-7-5-14-6-8-16)13(17)15-10-12-4-2-3-9-18-12/h11-12,14H,2-10H2,1H3,(H,15,17). The Morgan fingerprint density at radius 2 is 2.22 bits per heavy atom. The van der Waals surface area contributed by atoms with E-state index >= 15 is 0 Å². The van der Waals surface area contributed by atoms with E-state index in [4.69, 9.17) is 4.74 Å². The van der Waals surface area contributed by atoms with E-state index < -0.39 is 0 Å². The maximum Gasteiger partial charge on any atom is 0.237 e. The van der Waals surface area contributed by atoms with Gasteiger partial charge in [0.25, 0.3) is 0 Å². The molecule has 2 rings (SSSR count). The molecule has 2 unspecified atom stereocenters. The van der Waals surface area contributed by atoms with Crippen molar-refractivity contribution in [2.75, 3.05) is 39.3 Å². The first kappa shape index (κ1) is 13.8. The smallest absolute Gasteiger partial charge is 0.237 e. The lowest BCUT2D eigenvalue weighted by molar-refractivity contribution is -0.127. The first-order valence-corrected chi connectivity index (χ1v) is 7.11. The summed E-state index contributed by atoms with van der Waals surface area (Å²) in [6.07, 6.45) is 3.66. The van der Waals surface area contributed by atoms with Crippen molar-refractivity contribution < 1.29 is 9.53 Å². The molecule has 2 saturated heterocycles. The lowest BCUT2D eigenvalue weighted by Crippen LogP contribution is -2.53. The molecule has 0 saturated carbocycles. The first-order valence-electron chi connectivity index (χ1n) is 7.11. The third-order valence-corrected chi connectivity index (χ3v) is 3.86. The second-order valence-corrected chi connectivity index (χ2v) is 5.20. The average molecular weight is 255 g/mol. The Hall–Kier alpha value is -0.650. The molecule has 0 aromatic heterocycles. The van der Waals surface area contributed by atoms with Gasteiger partial charge in [-0.1, -0.05) is 0 Å². The number of piperazine rings is 1. The lowest BCUT2D eigenvalue weighted by atomic mass is 10.1. The highest BCUT2D eigenvalue weighted by Gasteiger charge is 2.23. The Bertz CT molecular complexity index is 261. The Balaban J connectivity index is 1.69. The van der Waals surface area contributed by atoms with Crippen molar-refractivity contribution >= 4 is 5.91 Å². The van der Waals surface area contributed by atoms with Gasteiger partial charge in [0.15, 0.2) is 0 Å². The van der Waals surface area contributed by atoms with Crippen molar-refractivity contribution in [1.82, 2.24) is 15.5 Å². The Labute approximate surface area is 109 Å². The molecule has 0 aliphatic carbocycles. The monoisotopic (exact) mass is 255 g/mol. The highest BCUT2D eigenvalue weighted by Crippen LogP contribution is 2.11.